The molecule has 0 bridgehead atoms. The fourth-order valence-corrected chi connectivity index (χ4v) is 3.01. The van der Waals surface area contributed by atoms with Gasteiger partial charge in [0.15, 0.2) is 0 Å². The van der Waals surface area contributed by atoms with Gasteiger partial charge in [0.1, 0.15) is 5.75 Å². The smallest absolute Gasteiger partial charge is 0.254 e. The minimum absolute atomic E-state index is 0.0548. The highest BCUT2D eigenvalue weighted by atomic mass is 16.5. The molecule has 2 aliphatic heterocycles. The lowest BCUT2D eigenvalue weighted by Gasteiger charge is -2.31. The van der Waals surface area contributed by atoms with Gasteiger partial charge in [-0.3, -0.25) is 9.59 Å². The maximum atomic E-state index is 12.6. The zero-order valence-corrected chi connectivity index (χ0v) is 14.7. The normalized spacial score (nSPS) is 19.0. The van der Waals surface area contributed by atoms with Gasteiger partial charge in [-0.15, -0.1) is 0 Å². The molecule has 0 spiro atoms. The molecular weight excluding hydrogens is 322 g/mol. The molecule has 2 saturated heterocycles. The molecule has 2 heterocycles. The van der Waals surface area contributed by atoms with E-state index in [1.807, 2.05) is 6.92 Å². The van der Waals surface area contributed by atoms with Crippen LogP contribution in [0.2, 0.25) is 0 Å². The molecule has 7 nitrogen and oxygen atoms in total. The van der Waals surface area contributed by atoms with Crippen LogP contribution in [-0.2, 0) is 9.53 Å². The van der Waals surface area contributed by atoms with Gasteiger partial charge in [-0.05, 0) is 37.2 Å². The van der Waals surface area contributed by atoms with Crippen LogP contribution in [0.25, 0.3) is 0 Å². The molecule has 136 valence electrons. The van der Waals surface area contributed by atoms with Gasteiger partial charge >= 0.3 is 0 Å². The molecule has 0 radical (unpaired) electrons. The van der Waals surface area contributed by atoms with Crippen LogP contribution < -0.4 is 15.4 Å². The molecule has 0 aliphatic carbocycles. The van der Waals surface area contributed by atoms with E-state index in [4.69, 9.17) is 9.47 Å². The third kappa shape index (κ3) is 3.93. The fraction of sp³-hybridized carbons (Fsp3) is 0.556. The first kappa shape index (κ1) is 17.7. The van der Waals surface area contributed by atoms with Crippen LogP contribution in [0.15, 0.2) is 18.2 Å². The number of benzene rings is 1. The SMILES string of the molecule is COc1ccc(C(=O)N2CCOCC2)cc1NC(=O)C(C)C1CNC1. The van der Waals surface area contributed by atoms with Gasteiger partial charge in [-0.25, -0.2) is 0 Å². The van der Waals surface area contributed by atoms with Crippen molar-refractivity contribution >= 4 is 17.5 Å². The molecule has 0 saturated carbocycles. The second-order valence-electron chi connectivity index (χ2n) is 6.52. The van der Waals surface area contributed by atoms with E-state index >= 15 is 0 Å². The number of carbonyl (C=O) groups excluding carboxylic acids is 2. The zero-order chi connectivity index (χ0) is 17.8. The molecule has 2 amide bonds. The van der Waals surface area contributed by atoms with E-state index in [-0.39, 0.29) is 17.7 Å². The molecule has 2 aliphatic rings. The average Bonchev–Trinajstić information content (AvgIpc) is 2.60. The number of amides is 2. The lowest BCUT2D eigenvalue weighted by atomic mass is 9.88. The van der Waals surface area contributed by atoms with E-state index in [9.17, 15) is 9.59 Å². The van der Waals surface area contributed by atoms with Gasteiger partial charge in [-0.1, -0.05) is 6.92 Å². The van der Waals surface area contributed by atoms with Crippen molar-refractivity contribution in [3.05, 3.63) is 23.8 Å². The van der Waals surface area contributed by atoms with Crippen molar-refractivity contribution in [1.82, 2.24) is 10.2 Å². The highest BCUT2D eigenvalue weighted by molar-refractivity contribution is 5.99. The number of carbonyl (C=O) groups is 2. The fourth-order valence-electron chi connectivity index (χ4n) is 3.01. The molecule has 2 fully saturated rings. The van der Waals surface area contributed by atoms with E-state index in [0.717, 1.165) is 13.1 Å². The molecule has 1 unspecified atom stereocenters. The lowest BCUT2D eigenvalue weighted by molar-refractivity contribution is -0.121. The van der Waals surface area contributed by atoms with Crippen molar-refractivity contribution in [3.63, 3.8) is 0 Å². The first-order chi connectivity index (χ1) is 12.1. The Bertz CT molecular complexity index is 639. The summed E-state index contributed by atoms with van der Waals surface area (Å²) in [6, 6.07) is 5.14. The minimum Gasteiger partial charge on any atom is -0.495 e. The maximum Gasteiger partial charge on any atom is 0.254 e. The number of rotatable bonds is 5. The minimum atomic E-state index is -0.0930. The van der Waals surface area contributed by atoms with E-state index in [1.54, 1.807) is 30.2 Å². The molecule has 0 aromatic heterocycles. The number of nitrogens with zero attached hydrogens (tertiary/aromatic N) is 1. The summed E-state index contributed by atoms with van der Waals surface area (Å²) in [7, 11) is 1.55. The zero-order valence-electron chi connectivity index (χ0n) is 14.7. The Morgan fingerprint density at radius 2 is 2.04 bits per heavy atom. The summed E-state index contributed by atoms with van der Waals surface area (Å²) in [6.45, 7) is 5.92. The molecule has 1 aromatic rings. The molecule has 25 heavy (non-hydrogen) atoms. The Balaban J connectivity index is 1.75. The van der Waals surface area contributed by atoms with Crippen molar-refractivity contribution < 1.29 is 19.1 Å². The van der Waals surface area contributed by atoms with Gasteiger partial charge in [0.2, 0.25) is 5.91 Å². The van der Waals surface area contributed by atoms with Crippen LogP contribution in [-0.4, -0.2) is 63.2 Å². The Hall–Kier alpha value is -2.12. The largest absolute Gasteiger partial charge is 0.495 e. The number of ether oxygens (including phenoxy) is 2. The molecule has 1 aromatic carbocycles. The van der Waals surface area contributed by atoms with Gasteiger partial charge < -0.3 is 25.0 Å². The molecule has 1 atom stereocenters. The predicted octanol–water partition coefficient (Wildman–Crippen LogP) is 0.962. The predicted molar refractivity (Wildman–Crippen MR) is 93.9 cm³/mol. The van der Waals surface area contributed by atoms with Crippen LogP contribution in [0.1, 0.15) is 17.3 Å². The number of methoxy groups -OCH3 is 1. The molecule has 2 N–H and O–H groups in total. The quantitative estimate of drug-likeness (QED) is 0.829. The van der Waals surface area contributed by atoms with E-state index in [2.05, 4.69) is 10.6 Å². The summed E-state index contributed by atoms with van der Waals surface area (Å²) in [6.07, 6.45) is 0. The first-order valence-electron chi connectivity index (χ1n) is 8.67. The highest BCUT2D eigenvalue weighted by Gasteiger charge is 2.29. The van der Waals surface area contributed by atoms with Crippen molar-refractivity contribution in [2.45, 2.75) is 6.92 Å². The van der Waals surface area contributed by atoms with Crippen LogP contribution in [0.5, 0.6) is 5.75 Å². The summed E-state index contributed by atoms with van der Waals surface area (Å²) < 4.78 is 10.6. The molecular formula is C18H25N3O4. The summed E-state index contributed by atoms with van der Waals surface area (Å²) in [4.78, 5) is 26.9. The summed E-state index contributed by atoms with van der Waals surface area (Å²) in [5.41, 5.74) is 1.07. The van der Waals surface area contributed by atoms with E-state index in [1.165, 1.54) is 0 Å². The van der Waals surface area contributed by atoms with Crippen molar-refractivity contribution in [1.29, 1.82) is 0 Å². The van der Waals surface area contributed by atoms with Crippen LogP contribution in [0, 0.1) is 11.8 Å². The van der Waals surface area contributed by atoms with Crippen molar-refractivity contribution in [2.75, 3.05) is 51.8 Å². The van der Waals surface area contributed by atoms with Crippen molar-refractivity contribution in [3.8, 4) is 5.75 Å². The molecule has 3 rings (SSSR count). The lowest BCUT2D eigenvalue weighted by Crippen LogP contribution is -2.48. The standard InChI is InChI=1S/C18H25N3O4/c1-12(14-10-19-11-14)17(22)20-15-9-13(3-4-16(15)24-2)18(23)21-5-7-25-8-6-21/h3-4,9,12,14,19H,5-8,10-11H2,1-2H3,(H,20,22). The Morgan fingerprint density at radius 3 is 2.64 bits per heavy atom. The summed E-state index contributed by atoms with van der Waals surface area (Å²) in [5.74, 6) is 0.693. The number of morpholine rings is 1. The van der Waals surface area contributed by atoms with Crippen LogP contribution >= 0.6 is 0 Å². The van der Waals surface area contributed by atoms with E-state index in [0.29, 0.717) is 49.2 Å². The monoisotopic (exact) mass is 347 g/mol. The van der Waals surface area contributed by atoms with E-state index < -0.39 is 0 Å². The Labute approximate surface area is 147 Å². The maximum absolute atomic E-state index is 12.6. The Morgan fingerprint density at radius 1 is 1.32 bits per heavy atom. The van der Waals surface area contributed by atoms with Gasteiger partial charge in [0, 0.05) is 24.6 Å². The second kappa shape index (κ2) is 7.84. The van der Waals surface area contributed by atoms with Gasteiger partial charge in [-0.2, -0.15) is 0 Å². The number of hydrogen-bond donors (Lipinski definition) is 2. The average molecular weight is 347 g/mol. The van der Waals surface area contributed by atoms with Crippen LogP contribution in [0.3, 0.4) is 0 Å². The molecule has 7 heteroatoms. The number of anilines is 1. The summed E-state index contributed by atoms with van der Waals surface area (Å²) in [5, 5.41) is 6.10. The second-order valence-corrected chi connectivity index (χ2v) is 6.52. The van der Waals surface area contributed by atoms with Crippen LogP contribution in [0.4, 0.5) is 5.69 Å². The third-order valence-corrected chi connectivity index (χ3v) is 4.94. The third-order valence-electron chi connectivity index (χ3n) is 4.94. The highest BCUT2D eigenvalue weighted by Crippen LogP contribution is 2.28. The Kier molecular flexibility index (Phi) is 5.55. The summed E-state index contributed by atoms with van der Waals surface area (Å²) >= 11 is 0. The number of nitrogens with one attached hydrogen (secondary N) is 2. The van der Waals surface area contributed by atoms with Gasteiger partial charge in [0.05, 0.1) is 26.0 Å². The number of hydrogen-bond acceptors (Lipinski definition) is 5. The van der Waals surface area contributed by atoms with Gasteiger partial charge in [0.25, 0.3) is 5.91 Å². The first-order valence-corrected chi connectivity index (χ1v) is 8.67. The topological polar surface area (TPSA) is 79.9 Å². The van der Waals surface area contributed by atoms with Crippen molar-refractivity contribution in [2.24, 2.45) is 11.8 Å².